The summed E-state index contributed by atoms with van der Waals surface area (Å²) in [6.45, 7) is 2.23. The van der Waals surface area contributed by atoms with Crippen LogP contribution in [0.4, 0.5) is 26.3 Å². The Labute approximate surface area is 140 Å². The number of nitrogens with one attached hydrogen (secondary N) is 1. The molecule has 1 N–H and O–H groups in total. The van der Waals surface area contributed by atoms with Gasteiger partial charge in [0.25, 0.3) is 0 Å². The highest BCUT2D eigenvalue weighted by atomic mass is 32.2. The lowest BCUT2D eigenvalue weighted by Gasteiger charge is -2.36. The Balaban J connectivity index is 2.28. The molecule has 0 spiro atoms. The molecule has 1 aromatic carbocycles. The lowest BCUT2D eigenvalue weighted by atomic mass is 9.99. The van der Waals surface area contributed by atoms with Crippen molar-refractivity contribution < 1.29 is 26.3 Å². The summed E-state index contributed by atoms with van der Waals surface area (Å²) in [5, 5.41) is 3.10. The first kappa shape index (κ1) is 19.4. The van der Waals surface area contributed by atoms with Crippen molar-refractivity contribution in [2.45, 2.75) is 35.5 Å². The van der Waals surface area contributed by atoms with Crippen LogP contribution in [0, 0.1) is 0 Å². The van der Waals surface area contributed by atoms with Gasteiger partial charge >= 0.3 is 11.7 Å². The molecule has 0 unspecified atom stereocenters. The smallest absolute Gasteiger partial charge is 0.314 e. The van der Waals surface area contributed by atoms with E-state index in [4.69, 9.17) is 0 Å². The van der Waals surface area contributed by atoms with E-state index in [0.29, 0.717) is 31.7 Å². The molecule has 2 nitrogen and oxygen atoms in total. The van der Waals surface area contributed by atoms with Gasteiger partial charge in [-0.3, -0.25) is 4.90 Å². The number of benzene rings is 1. The molecule has 1 fully saturated rings. The number of nitrogens with zero attached hydrogens (tertiary/aromatic N) is 1. The van der Waals surface area contributed by atoms with E-state index in [-0.39, 0.29) is 23.1 Å². The Morgan fingerprint density at radius 1 is 1.04 bits per heavy atom. The number of piperazine rings is 1. The third-order valence-electron chi connectivity index (χ3n) is 3.80. The molecule has 0 saturated carbocycles. The molecule has 1 aliphatic rings. The molecule has 1 heterocycles. The van der Waals surface area contributed by atoms with Gasteiger partial charge in [-0.15, -0.1) is 0 Å². The van der Waals surface area contributed by atoms with Crippen molar-refractivity contribution in [1.82, 2.24) is 10.2 Å². The van der Waals surface area contributed by atoms with Crippen LogP contribution >= 0.6 is 11.8 Å². The van der Waals surface area contributed by atoms with Gasteiger partial charge in [0.15, 0.2) is 0 Å². The minimum absolute atomic E-state index is 0.0318. The molecule has 0 aromatic heterocycles. The Hall–Kier alpha value is -0.930. The van der Waals surface area contributed by atoms with E-state index in [1.807, 2.05) is 4.90 Å². The summed E-state index contributed by atoms with van der Waals surface area (Å²) < 4.78 is 76.2. The van der Waals surface area contributed by atoms with Crippen LogP contribution in [-0.2, 0) is 0 Å². The number of hydrogen-bond acceptors (Lipinski definition) is 3. The third kappa shape index (κ3) is 6.18. The summed E-state index contributed by atoms with van der Waals surface area (Å²) in [5.74, 6) is 0. The summed E-state index contributed by atoms with van der Waals surface area (Å²) in [4.78, 5) is 1.80. The van der Waals surface area contributed by atoms with Crippen LogP contribution < -0.4 is 5.32 Å². The molecule has 0 aliphatic carbocycles. The fourth-order valence-corrected chi connectivity index (χ4v) is 3.52. The average molecular weight is 372 g/mol. The van der Waals surface area contributed by atoms with E-state index in [1.165, 1.54) is 18.2 Å². The average Bonchev–Trinajstić information content (AvgIpc) is 2.47. The zero-order chi connectivity index (χ0) is 17.8. The minimum Gasteiger partial charge on any atom is -0.314 e. The molecule has 0 bridgehead atoms. The van der Waals surface area contributed by atoms with Gasteiger partial charge in [0, 0.05) is 43.5 Å². The molecule has 9 heteroatoms. The van der Waals surface area contributed by atoms with Crippen molar-refractivity contribution in [1.29, 1.82) is 0 Å². The Bertz CT molecular complexity index is 525. The molecule has 1 aliphatic heterocycles. The summed E-state index contributed by atoms with van der Waals surface area (Å²) in [7, 11) is 0. The first-order chi connectivity index (χ1) is 11.2. The van der Waals surface area contributed by atoms with Crippen LogP contribution in [0.1, 0.15) is 24.4 Å². The second-order valence-electron chi connectivity index (χ2n) is 5.54. The van der Waals surface area contributed by atoms with Gasteiger partial charge in [0.1, 0.15) is 0 Å². The molecular formula is C15H18F6N2S. The highest BCUT2D eigenvalue weighted by Crippen LogP contribution is 2.42. The number of halogens is 6. The van der Waals surface area contributed by atoms with Gasteiger partial charge < -0.3 is 5.32 Å². The lowest BCUT2D eigenvalue weighted by Crippen LogP contribution is -2.45. The predicted octanol–water partition coefficient (Wildman–Crippen LogP) is 4.59. The van der Waals surface area contributed by atoms with Crippen LogP contribution in [0.2, 0.25) is 0 Å². The van der Waals surface area contributed by atoms with Gasteiger partial charge in [-0.2, -0.15) is 26.3 Å². The lowest BCUT2D eigenvalue weighted by molar-refractivity contribution is -0.138. The van der Waals surface area contributed by atoms with E-state index in [0.717, 1.165) is 0 Å². The zero-order valence-corrected chi connectivity index (χ0v) is 13.6. The maximum atomic E-state index is 12.8. The largest absolute Gasteiger partial charge is 0.446 e. The second kappa shape index (κ2) is 7.97. The fourth-order valence-electron chi connectivity index (χ4n) is 2.80. The number of hydrogen-bond donors (Lipinski definition) is 1. The quantitative estimate of drug-likeness (QED) is 0.601. The molecule has 2 rings (SSSR count). The zero-order valence-electron chi connectivity index (χ0n) is 12.8. The van der Waals surface area contributed by atoms with Crippen molar-refractivity contribution in [3.8, 4) is 0 Å². The topological polar surface area (TPSA) is 15.3 Å². The van der Waals surface area contributed by atoms with Crippen molar-refractivity contribution in [3.05, 3.63) is 29.8 Å². The minimum atomic E-state index is -4.48. The Kier molecular flexibility index (Phi) is 6.44. The maximum Gasteiger partial charge on any atom is 0.446 e. The molecule has 0 radical (unpaired) electrons. The van der Waals surface area contributed by atoms with E-state index < -0.39 is 24.1 Å². The molecule has 1 atom stereocenters. The van der Waals surface area contributed by atoms with Crippen LogP contribution in [0.25, 0.3) is 0 Å². The first-order valence-electron chi connectivity index (χ1n) is 7.52. The fraction of sp³-hybridized carbons (Fsp3) is 0.600. The standard InChI is InChI=1S/C15H18F6N2S/c16-14(17,18)6-5-12(23-9-7-22-8-10-23)11-3-1-2-4-13(11)24-15(19,20)21/h1-4,12,22H,5-10H2/t12-/m0/s1. The number of rotatable bonds is 5. The highest BCUT2D eigenvalue weighted by molar-refractivity contribution is 8.00. The van der Waals surface area contributed by atoms with Gasteiger partial charge in [-0.25, -0.2) is 0 Å². The maximum absolute atomic E-state index is 12.8. The predicted molar refractivity (Wildman–Crippen MR) is 80.8 cm³/mol. The molecule has 1 aromatic rings. The normalized spacial score (nSPS) is 18.6. The van der Waals surface area contributed by atoms with Crippen LogP contribution in [0.5, 0.6) is 0 Å². The van der Waals surface area contributed by atoms with E-state index in [9.17, 15) is 26.3 Å². The first-order valence-corrected chi connectivity index (χ1v) is 8.33. The summed E-state index contributed by atoms with van der Waals surface area (Å²) in [6.07, 6.45) is -5.61. The monoisotopic (exact) mass is 372 g/mol. The van der Waals surface area contributed by atoms with Gasteiger partial charge in [-0.1, -0.05) is 18.2 Å². The van der Waals surface area contributed by atoms with E-state index in [2.05, 4.69) is 5.32 Å². The highest BCUT2D eigenvalue weighted by Gasteiger charge is 2.35. The van der Waals surface area contributed by atoms with Crippen molar-refractivity contribution in [2.24, 2.45) is 0 Å². The molecule has 24 heavy (non-hydrogen) atoms. The van der Waals surface area contributed by atoms with Crippen molar-refractivity contribution >= 4 is 11.8 Å². The summed E-state index contributed by atoms with van der Waals surface area (Å²) >= 11 is -0.270. The SMILES string of the molecule is FC(F)(F)CC[C@@H](c1ccccc1SC(F)(F)F)N1CCNCC1. The van der Waals surface area contributed by atoms with Gasteiger partial charge in [-0.05, 0) is 29.8 Å². The van der Waals surface area contributed by atoms with E-state index in [1.54, 1.807) is 6.07 Å². The second-order valence-corrected chi connectivity index (χ2v) is 6.65. The van der Waals surface area contributed by atoms with Gasteiger partial charge in [0.05, 0.1) is 0 Å². The van der Waals surface area contributed by atoms with Crippen LogP contribution in [-0.4, -0.2) is 42.8 Å². The summed E-state index contributed by atoms with van der Waals surface area (Å²) in [5.41, 5.74) is -4.17. The molecule has 136 valence electrons. The molecule has 1 saturated heterocycles. The van der Waals surface area contributed by atoms with Crippen molar-refractivity contribution in [3.63, 3.8) is 0 Å². The van der Waals surface area contributed by atoms with Crippen molar-refractivity contribution in [2.75, 3.05) is 26.2 Å². The van der Waals surface area contributed by atoms with Crippen LogP contribution in [0.3, 0.4) is 0 Å². The van der Waals surface area contributed by atoms with Crippen LogP contribution in [0.15, 0.2) is 29.2 Å². The Morgan fingerprint density at radius 3 is 2.25 bits per heavy atom. The Morgan fingerprint density at radius 2 is 1.67 bits per heavy atom. The summed E-state index contributed by atoms with van der Waals surface area (Å²) in [6, 6.07) is 5.17. The molecule has 0 amide bonds. The third-order valence-corrected chi connectivity index (χ3v) is 4.62. The number of thioether (sulfide) groups is 1. The number of alkyl halides is 6. The van der Waals surface area contributed by atoms with E-state index >= 15 is 0 Å². The molecular weight excluding hydrogens is 354 g/mol. The van der Waals surface area contributed by atoms with Gasteiger partial charge in [0.2, 0.25) is 0 Å².